The zero-order chi connectivity index (χ0) is 9.80. The molecule has 74 valence electrons. The van der Waals surface area contributed by atoms with Crippen LogP contribution in [0.2, 0.25) is 0 Å². The first kappa shape index (κ1) is 9.45. The van der Waals surface area contributed by atoms with Crippen LogP contribution in [-0.2, 0) is 6.42 Å². The van der Waals surface area contributed by atoms with E-state index in [0.29, 0.717) is 5.92 Å². The van der Waals surface area contributed by atoms with E-state index < -0.39 is 0 Å². The molecule has 1 nitrogen and oxygen atoms in total. The van der Waals surface area contributed by atoms with E-state index in [0.717, 1.165) is 6.42 Å². The highest BCUT2D eigenvalue weighted by atomic mass is 14.7. The van der Waals surface area contributed by atoms with Gasteiger partial charge < -0.3 is 0 Å². The Morgan fingerprint density at radius 1 is 1.50 bits per heavy atom. The molecular formula is C13H17N. The lowest BCUT2D eigenvalue weighted by atomic mass is 9.89. The molecule has 0 saturated carbocycles. The summed E-state index contributed by atoms with van der Waals surface area (Å²) in [5, 5.41) is 0. The number of hydrogen-bond acceptors (Lipinski definition) is 1. The number of rotatable bonds is 2. The predicted octanol–water partition coefficient (Wildman–Crippen LogP) is 3.47. The van der Waals surface area contributed by atoms with E-state index in [2.05, 4.69) is 36.2 Å². The zero-order valence-corrected chi connectivity index (χ0v) is 8.74. The molecule has 1 aromatic heterocycles. The number of allylic oxidation sites excluding steroid dienone is 2. The minimum absolute atomic E-state index is 0.636. The molecule has 0 spiro atoms. The maximum atomic E-state index is 4.33. The second kappa shape index (κ2) is 4.41. The fraction of sp³-hybridized carbons (Fsp3) is 0.462. The number of nitrogens with zero attached hydrogens (tertiary/aromatic N) is 1. The first-order valence-electron chi connectivity index (χ1n) is 5.51. The largest absolute Gasteiger partial charge is 0.261 e. The molecule has 0 radical (unpaired) electrons. The first-order valence-corrected chi connectivity index (χ1v) is 5.51. The summed E-state index contributed by atoms with van der Waals surface area (Å²) in [5.41, 5.74) is 2.65. The Labute approximate surface area is 85.9 Å². The van der Waals surface area contributed by atoms with E-state index in [1.165, 1.54) is 30.5 Å². The van der Waals surface area contributed by atoms with E-state index in [1.54, 1.807) is 0 Å². The van der Waals surface area contributed by atoms with Crippen LogP contribution in [0.1, 0.15) is 43.4 Å². The molecule has 1 aliphatic rings. The van der Waals surface area contributed by atoms with Crippen LogP contribution in [-0.4, -0.2) is 4.98 Å². The zero-order valence-electron chi connectivity index (χ0n) is 8.74. The van der Waals surface area contributed by atoms with E-state index in [9.17, 15) is 0 Å². The fourth-order valence-electron chi connectivity index (χ4n) is 2.01. The fourth-order valence-corrected chi connectivity index (χ4v) is 2.01. The molecule has 1 aromatic rings. The van der Waals surface area contributed by atoms with Crippen LogP contribution in [0, 0.1) is 0 Å². The Bertz CT molecular complexity index is 328. The number of aromatic nitrogens is 1. The van der Waals surface area contributed by atoms with Gasteiger partial charge in [0.25, 0.3) is 0 Å². The van der Waals surface area contributed by atoms with Crippen LogP contribution in [0.15, 0.2) is 30.5 Å². The van der Waals surface area contributed by atoms with Crippen molar-refractivity contribution in [3.05, 3.63) is 41.7 Å². The Hall–Kier alpha value is -1.11. The quantitative estimate of drug-likeness (QED) is 0.646. The van der Waals surface area contributed by atoms with Gasteiger partial charge in [-0.15, -0.1) is 0 Å². The summed E-state index contributed by atoms with van der Waals surface area (Å²) >= 11 is 0. The molecule has 0 amide bonds. The molecular weight excluding hydrogens is 170 g/mol. The monoisotopic (exact) mass is 187 g/mol. The van der Waals surface area contributed by atoms with Crippen LogP contribution in [0.3, 0.4) is 0 Å². The summed E-state index contributed by atoms with van der Waals surface area (Å²) in [6.45, 7) is 2.16. The topological polar surface area (TPSA) is 12.9 Å². The summed E-state index contributed by atoms with van der Waals surface area (Å²) in [4.78, 5) is 4.33. The van der Waals surface area contributed by atoms with Crippen LogP contribution in [0.5, 0.6) is 0 Å². The molecule has 1 atom stereocenters. The molecule has 1 aliphatic carbocycles. The van der Waals surface area contributed by atoms with Gasteiger partial charge >= 0.3 is 0 Å². The second-order valence-corrected chi connectivity index (χ2v) is 3.90. The van der Waals surface area contributed by atoms with Gasteiger partial charge in [-0.3, -0.25) is 4.98 Å². The molecule has 0 fully saturated rings. The lowest BCUT2D eigenvalue weighted by Gasteiger charge is -2.16. The Morgan fingerprint density at radius 3 is 3.14 bits per heavy atom. The van der Waals surface area contributed by atoms with Gasteiger partial charge in [-0.1, -0.05) is 19.1 Å². The van der Waals surface area contributed by atoms with Crippen molar-refractivity contribution in [3.8, 4) is 0 Å². The molecule has 1 unspecified atom stereocenters. The number of aryl methyl sites for hydroxylation is 1. The van der Waals surface area contributed by atoms with Gasteiger partial charge in [0.15, 0.2) is 0 Å². The van der Waals surface area contributed by atoms with E-state index >= 15 is 0 Å². The molecule has 0 N–H and O–H groups in total. The molecule has 0 aliphatic heterocycles. The maximum absolute atomic E-state index is 4.33. The van der Waals surface area contributed by atoms with Gasteiger partial charge in [0.2, 0.25) is 0 Å². The van der Waals surface area contributed by atoms with Crippen molar-refractivity contribution < 1.29 is 0 Å². The first-order chi connectivity index (χ1) is 6.90. The van der Waals surface area contributed by atoms with Crippen LogP contribution < -0.4 is 0 Å². The molecule has 2 rings (SSSR count). The van der Waals surface area contributed by atoms with Gasteiger partial charge in [0.05, 0.1) is 0 Å². The third kappa shape index (κ3) is 2.03. The third-order valence-electron chi connectivity index (χ3n) is 2.89. The Balaban J connectivity index is 2.22. The van der Waals surface area contributed by atoms with Gasteiger partial charge in [-0.05, 0) is 43.4 Å². The van der Waals surface area contributed by atoms with Crippen molar-refractivity contribution in [2.45, 2.75) is 38.5 Å². The van der Waals surface area contributed by atoms with Crippen molar-refractivity contribution >= 4 is 0 Å². The number of pyridine rings is 1. The van der Waals surface area contributed by atoms with E-state index in [1.807, 2.05) is 6.20 Å². The molecule has 0 bridgehead atoms. The van der Waals surface area contributed by atoms with E-state index in [-0.39, 0.29) is 0 Å². The minimum Gasteiger partial charge on any atom is -0.261 e. The van der Waals surface area contributed by atoms with Crippen molar-refractivity contribution in [2.24, 2.45) is 0 Å². The van der Waals surface area contributed by atoms with Crippen LogP contribution in [0.4, 0.5) is 0 Å². The van der Waals surface area contributed by atoms with Crippen molar-refractivity contribution in [3.63, 3.8) is 0 Å². The van der Waals surface area contributed by atoms with Crippen molar-refractivity contribution in [1.82, 2.24) is 4.98 Å². The van der Waals surface area contributed by atoms with Crippen molar-refractivity contribution in [1.29, 1.82) is 0 Å². The lowest BCUT2D eigenvalue weighted by molar-refractivity contribution is 0.653. The average molecular weight is 187 g/mol. The molecule has 1 heterocycles. The SMILES string of the molecule is CCc1cc(C2C=CCCC2)ccn1. The smallest absolute Gasteiger partial charge is 0.0403 e. The van der Waals surface area contributed by atoms with Crippen LogP contribution in [0.25, 0.3) is 0 Å². The summed E-state index contributed by atoms with van der Waals surface area (Å²) in [6, 6.07) is 4.40. The normalized spacial score (nSPS) is 21.1. The standard InChI is InChI=1S/C13H17N/c1-2-13-10-12(8-9-14-13)11-6-4-3-5-7-11/h4,6,8-11H,2-3,5,7H2,1H3. The van der Waals surface area contributed by atoms with E-state index in [4.69, 9.17) is 0 Å². The Kier molecular flexibility index (Phi) is 2.97. The highest BCUT2D eigenvalue weighted by molar-refractivity contribution is 5.25. The number of hydrogen-bond donors (Lipinski definition) is 0. The maximum Gasteiger partial charge on any atom is 0.0403 e. The molecule has 14 heavy (non-hydrogen) atoms. The highest BCUT2D eigenvalue weighted by Crippen LogP contribution is 2.27. The second-order valence-electron chi connectivity index (χ2n) is 3.90. The predicted molar refractivity (Wildman–Crippen MR) is 59.3 cm³/mol. The third-order valence-corrected chi connectivity index (χ3v) is 2.89. The summed E-state index contributed by atoms with van der Waals surface area (Å²) < 4.78 is 0. The molecule has 1 heteroatoms. The van der Waals surface area contributed by atoms with Crippen molar-refractivity contribution in [2.75, 3.05) is 0 Å². The van der Waals surface area contributed by atoms with Gasteiger partial charge in [0.1, 0.15) is 0 Å². The summed E-state index contributed by atoms with van der Waals surface area (Å²) in [5.74, 6) is 0.636. The van der Waals surface area contributed by atoms with Gasteiger partial charge in [-0.25, -0.2) is 0 Å². The Morgan fingerprint density at radius 2 is 2.43 bits per heavy atom. The molecule has 0 saturated heterocycles. The average Bonchev–Trinajstić information content (AvgIpc) is 2.30. The van der Waals surface area contributed by atoms with Gasteiger partial charge in [-0.2, -0.15) is 0 Å². The lowest BCUT2D eigenvalue weighted by Crippen LogP contribution is -2.00. The van der Waals surface area contributed by atoms with Gasteiger partial charge in [0, 0.05) is 17.8 Å². The van der Waals surface area contributed by atoms with Crippen LogP contribution >= 0.6 is 0 Å². The minimum atomic E-state index is 0.636. The summed E-state index contributed by atoms with van der Waals surface area (Å²) in [6.07, 6.45) is 11.5. The highest BCUT2D eigenvalue weighted by Gasteiger charge is 2.10. The molecule has 0 aromatic carbocycles. The summed E-state index contributed by atoms with van der Waals surface area (Å²) in [7, 11) is 0.